The maximum absolute atomic E-state index is 13.5. The minimum Gasteiger partial charge on any atom is -0.236 e. The molecule has 0 unspecified atom stereocenters. The zero-order valence-corrected chi connectivity index (χ0v) is 19.0. The minimum absolute atomic E-state index is 0.191. The molecule has 4 aromatic rings. The Labute approximate surface area is 189 Å². The maximum atomic E-state index is 13.5. The first-order chi connectivity index (χ1) is 14.9. The van der Waals surface area contributed by atoms with Gasteiger partial charge in [0.2, 0.25) is 0 Å². The van der Waals surface area contributed by atoms with Crippen LogP contribution in [0, 0.1) is 6.92 Å². The number of nitrogens with zero attached hydrogens (tertiary/aromatic N) is 3. The number of halogens is 1. The van der Waals surface area contributed by atoms with Crippen LogP contribution >= 0.6 is 22.9 Å². The van der Waals surface area contributed by atoms with E-state index in [1.54, 1.807) is 30.3 Å². The molecule has 3 heterocycles. The van der Waals surface area contributed by atoms with E-state index in [0.29, 0.717) is 17.1 Å². The van der Waals surface area contributed by atoms with Crippen LogP contribution in [0.3, 0.4) is 0 Å². The third kappa shape index (κ3) is 3.63. The summed E-state index contributed by atoms with van der Waals surface area (Å²) in [5, 5.41) is 7.71. The molecule has 0 amide bonds. The van der Waals surface area contributed by atoms with Gasteiger partial charge in [-0.2, -0.15) is 17.9 Å². The fraction of sp³-hybridized carbons (Fsp3) is 0.130. The molecule has 5 rings (SSSR count). The molecule has 156 valence electrons. The van der Waals surface area contributed by atoms with Crippen LogP contribution in [0.15, 0.2) is 82.1 Å². The first kappa shape index (κ1) is 20.2. The Morgan fingerprint density at radius 3 is 2.61 bits per heavy atom. The van der Waals surface area contributed by atoms with E-state index in [0.717, 1.165) is 27.1 Å². The molecule has 1 aliphatic rings. The lowest BCUT2D eigenvalue weighted by atomic mass is 10.0. The van der Waals surface area contributed by atoms with Crippen molar-refractivity contribution in [2.24, 2.45) is 5.10 Å². The second-order valence-corrected chi connectivity index (χ2v) is 10.5. The van der Waals surface area contributed by atoms with Crippen molar-refractivity contribution in [3.05, 3.63) is 93.3 Å². The van der Waals surface area contributed by atoms with E-state index in [2.05, 4.69) is 10.1 Å². The van der Waals surface area contributed by atoms with E-state index >= 15 is 0 Å². The highest BCUT2D eigenvalue weighted by Gasteiger charge is 2.39. The van der Waals surface area contributed by atoms with Gasteiger partial charge < -0.3 is 0 Å². The van der Waals surface area contributed by atoms with Crippen LogP contribution in [0.4, 0.5) is 0 Å². The van der Waals surface area contributed by atoms with E-state index in [1.165, 1.54) is 15.8 Å². The standard InChI is InChI=1S/C23H18ClN3O2S2/c1-15-9-10-16-13-18(23(24)25-19(16)12-15)21-14-20(22-8-5-11-30-22)26-27(21)31(28,29)17-6-3-2-4-7-17/h2-13,21H,14H2,1H3/t21-/m1/s1. The van der Waals surface area contributed by atoms with E-state index < -0.39 is 16.1 Å². The molecule has 0 saturated heterocycles. The Bertz CT molecular complexity index is 1400. The molecule has 0 aliphatic carbocycles. The third-order valence-corrected chi connectivity index (χ3v) is 8.20. The SMILES string of the molecule is Cc1ccc2cc([C@H]3CC(c4cccs4)=NN3S(=O)(=O)c3ccccc3)c(Cl)nc2c1. The Hall–Kier alpha value is -2.74. The van der Waals surface area contributed by atoms with Gasteiger partial charge in [0, 0.05) is 17.4 Å². The molecule has 5 nitrogen and oxygen atoms in total. The van der Waals surface area contributed by atoms with Gasteiger partial charge in [-0.3, -0.25) is 0 Å². The molecule has 0 saturated carbocycles. The van der Waals surface area contributed by atoms with Crippen molar-refractivity contribution in [1.82, 2.24) is 9.40 Å². The summed E-state index contributed by atoms with van der Waals surface area (Å²) in [6, 6.07) is 19.5. The summed E-state index contributed by atoms with van der Waals surface area (Å²) in [6.07, 6.45) is 0.422. The highest BCUT2D eigenvalue weighted by Crippen LogP contribution is 2.40. The van der Waals surface area contributed by atoms with Crippen LogP contribution in [0.1, 0.15) is 28.5 Å². The van der Waals surface area contributed by atoms with E-state index in [4.69, 9.17) is 11.6 Å². The lowest BCUT2D eigenvalue weighted by Gasteiger charge is -2.24. The molecular formula is C23H18ClN3O2S2. The zero-order valence-electron chi connectivity index (χ0n) is 16.6. The summed E-state index contributed by atoms with van der Waals surface area (Å²) in [4.78, 5) is 5.69. The molecule has 2 aromatic carbocycles. The molecule has 0 N–H and O–H groups in total. The van der Waals surface area contributed by atoms with Crippen molar-refractivity contribution in [2.45, 2.75) is 24.3 Å². The number of hydrogen-bond acceptors (Lipinski definition) is 5. The normalized spacial score (nSPS) is 16.6. The summed E-state index contributed by atoms with van der Waals surface area (Å²) >= 11 is 8.12. The van der Waals surface area contributed by atoms with Gasteiger partial charge in [0.15, 0.2) is 0 Å². The van der Waals surface area contributed by atoms with Crippen molar-refractivity contribution in [3.63, 3.8) is 0 Å². The lowest BCUT2D eigenvalue weighted by molar-refractivity contribution is 0.371. The Morgan fingerprint density at radius 2 is 1.87 bits per heavy atom. The third-order valence-electron chi connectivity index (χ3n) is 5.28. The zero-order chi connectivity index (χ0) is 21.6. The van der Waals surface area contributed by atoms with Crippen molar-refractivity contribution in [1.29, 1.82) is 0 Å². The van der Waals surface area contributed by atoms with E-state index in [-0.39, 0.29) is 4.90 Å². The predicted molar refractivity (Wildman–Crippen MR) is 125 cm³/mol. The minimum atomic E-state index is -3.87. The smallest absolute Gasteiger partial charge is 0.236 e. The van der Waals surface area contributed by atoms with Gasteiger partial charge in [0.05, 0.1) is 27.0 Å². The van der Waals surface area contributed by atoms with Crippen molar-refractivity contribution < 1.29 is 8.42 Å². The largest absolute Gasteiger partial charge is 0.279 e. The number of rotatable bonds is 4. The number of benzene rings is 2. The number of hydrazone groups is 1. The predicted octanol–water partition coefficient (Wildman–Crippen LogP) is 5.80. The Kier molecular flexibility index (Phi) is 5.04. The maximum Gasteiger partial charge on any atom is 0.279 e. The molecule has 1 aliphatic heterocycles. The number of fused-ring (bicyclic) bond motifs is 1. The number of pyridine rings is 1. The van der Waals surface area contributed by atoms with Gasteiger partial charge in [0.25, 0.3) is 10.0 Å². The van der Waals surface area contributed by atoms with Crippen LogP contribution in [0.25, 0.3) is 10.9 Å². The fourth-order valence-electron chi connectivity index (χ4n) is 3.74. The second-order valence-electron chi connectivity index (χ2n) is 7.40. The molecule has 31 heavy (non-hydrogen) atoms. The van der Waals surface area contributed by atoms with Gasteiger partial charge in [-0.1, -0.05) is 48.0 Å². The molecule has 1 atom stereocenters. The summed E-state index contributed by atoms with van der Waals surface area (Å²) in [7, 11) is -3.87. The van der Waals surface area contributed by atoms with Crippen molar-refractivity contribution >= 4 is 49.6 Å². The Balaban J connectivity index is 1.66. The fourth-order valence-corrected chi connectivity index (χ4v) is 6.18. The van der Waals surface area contributed by atoms with Gasteiger partial charge in [0.1, 0.15) is 5.15 Å². The van der Waals surface area contributed by atoms with Crippen LogP contribution in [0.5, 0.6) is 0 Å². The second kappa shape index (κ2) is 7.75. The van der Waals surface area contributed by atoms with Gasteiger partial charge in [-0.05, 0) is 48.2 Å². The van der Waals surface area contributed by atoms with Crippen molar-refractivity contribution in [3.8, 4) is 0 Å². The van der Waals surface area contributed by atoms with Crippen LogP contribution in [0.2, 0.25) is 5.15 Å². The summed E-state index contributed by atoms with van der Waals surface area (Å²) in [5.74, 6) is 0. The molecule has 2 aromatic heterocycles. The molecular weight excluding hydrogens is 450 g/mol. The van der Waals surface area contributed by atoms with Gasteiger partial charge in [-0.15, -0.1) is 11.3 Å². The molecule has 0 spiro atoms. The number of hydrogen-bond donors (Lipinski definition) is 0. The van der Waals surface area contributed by atoms with Crippen molar-refractivity contribution in [2.75, 3.05) is 0 Å². The van der Waals surface area contributed by atoms with Gasteiger partial charge >= 0.3 is 0 Å². The topological polar surface area (TPSA) is 62.6 Å². The quantitative estimate of drug-likeness (QED) is 0.356. The van der Waals surface area contributed by atoms with Crippen LogP contribution in [-0.4, -0.2) is 23.5 Å². The Morgan fingerprint density at radius 1 is 1.06 bits per heavy atom. The van der Waals surface area contributed by atoms with E-state index in [9.17, 15) is 8.42 Å². The lowest BCUT2D eigenvalue weighted by Crippen LogP contribution is -2.27. The monoisotopic (exact) mass is 467 g/mol. The van der Waals surface area contributed by atoms with Gasteiger partial charge in [-0.25, -0.2) is 4.98 Å². The molecule has 0 bridgehead atoms. The molecule has 0 radical (unpaired) electrons. The summed E-state index contributed by atoms with van der Waals surface area (Å²) in [5.41, 5.74) is 3.23. The van der Waals surface area contributed by atoms with Crippen LogP contribution in [-0.2, 0) is 10.0 Å². The highest BCUT2D eigenvalue weighted by molar-refractivity contribution is 7.89. The molecule has 0 fully saturated rings. The highest BCUT2D eigenvalue weighted by atomic mass is 35.5. The first-order valence-electron chi connectivity index (χ1n) is 9.71. The number of aryl methyl sites for hydroxylation is 1. The summed E-state index contributed by atoms with van der Waals surface area (Å²) < 4.78 is 28.2. The number of sulfonamides is 1. The average molecular weight is 468 g/mol. The number of aromatic nitrogens is 1. The first-order valence-corrected chi connectivity index (χ1v) is 12.4. The van der Waals surface area contributed by atoms with Crippen LogP contribution < -0.4 is 0 Å². The average Bonchev–Trinajstić information content (AvgIpc) is 3.44. The molecule has 8 heteroatoms. The van der Waals surface area contributed by atoms with E-state index in [1.807, 2.05) is 48.7 Å². The number of thiophene rings is 1. The summed E-state index contributed by atoms with van der Waals surface area (Å²) in [6.45, 7) is 2.00.